The summed E-state index contributed by atoms with van der Waals surface area (Å²) in [6, 6.07) is 4.41. The van der Waals surface area contributed by atoms with Crippen LogP contribution in [0.5, 0.6) is 0 Å². The summed E-state index contributed by atoms with van der Waals surface area (Å²) < 4.78 is 14.1. The van der Waals surface area contributed by atoms with Crippen LogP contribution in [0.25, 0.3) is 10.1 Å². The zero-order valence-electron chi connectivity index (χ0n) is 12.5. The molecule has 0 aliphatic carbocycles. The van der Waals surface area contributed by atoms with Gasteiger partial charge in [0.25, 0.3) is 5.91 Å². The Labute approximate surface area is 151 Å². The van der Waals surface area contributed by atoms with Crippen LogP contribution < -0.4 is 4.90 Å². The predicted octanol–water partition coefficient (Wildman–Crippen LogP) is 4.11. The standard InChI is InChI=1S/C16H13ClFN3OS2/c17-13-11-2-1-10(18)9-12(11)24-14(13)15(22)20-4-6-21(7-5-20)16-19-3-8-23-16/h1-3,8-9H,4-7H2. The van der Waals surface area contributed by atoms with Crippen molar-refractivity contribution in [1.29, 1.82) is 0 Å². The van der Waals surface area contributed by atoms with Gasteiger partial charge in [-0.1, -0.05) is 11.6 Å². The molecule has 0 N–H and O–H groups in total. The number of benzene rings is 1. The zero-order valence-corrected chi connectivity index (χ0v) is 14.9. The van der Waals surface area contributed by atoms with Crippen molar-refractivity contribution in [3.63, 3.8) is 0 Å². The minimum Gasteiger partial charge on any atom is -0.345 e. The Morgan fingerprint density at radius 2 is 2.04 bits per heavy atom. The molecular weight excluding hydrogens is 369 g/mol. The largest absolute Gasteiger partial charge is 0.345 e. The van der Waals surface area contributed by atoms with Gasteiger partial charge < -0.3 is 9.80 Å². The first-order valence-corrected chi connectivity index (χ1v) is 9.52. The van der Waals surface area contributed by atoms with Crippen LogP contribution in [0.3, 0.4) is 0 Å². The average molecular weight is 382 g/mol. The number of aromatic nitrogens is 1. The fourth-order valence-electron chi connectivity index (χ4n) is 2.79. The number of rotatable bonds is 2. The molecule has 3 heterocycles. The molecule has 4 rings (SSSR count). The SMILES string of the molecule is O=C(c1sc2cc(F)ccc2c1Cl)N1CCN(c2nccs2)CC1. The monoisotopic (exact) mass is 381 g/mol. The maximum atomic E-state index is 13.4. The topological polar surface area (TPSA) is 36.4 Å². The first-order valence-electron chi connectivity index (χ1n) is 7.45. The van der Waals surface area contributed by atoms with E-state index >= 15 is 0 Å². The lowest BCUT2D eigenvalue weighted by atomic mass is 10.2. The van der Waals surface area contributed by atoms with Gasteiger partial charge in [-0.25, -0.2) is 9.37 Å². The molecule has 1 fully saturated rings. The smallest absolute Gasteiger partial charge is 0.265 e. The number of nitrogens with zero attached hydrogens (tertiary/aromatic N) is 3. The van der Waals surface area contributed by atoms with Gasteiger partial charge in [-0.05, 0) is 18.2 Å². The highest BCUT2D eigenvalue weighted by Crippen LogP contribution is 2.36. The van der Waals surface area contributed by atoms with Gasteiger partial charge in [0.2, 0.25) is 0 Å². The number of hydrogen-bond acceptors (Lipinski definition) is 5. The predicted molar refractivity (Wildman–Crippen MR) is 97.0 cm³/mol. The highest BCUT2D eigenvalue weighted by atomic mass is 35.5. The molecule has 0 spiro atoms. The summed E-state index contributed by atoms with van der Waals surface area (Å²) in [5.74, 6) is -0.406. The van der Waals surface area contributed by atoms with Crippen LogP contribution in [0, 0.1) is 5.82 Å². The molecule has 1 aliphatic heterocycles. The number of fused-ring (bicyclic) bond motifs is 1. The number of thiophene rings is 1. The molecule has 0 atom stereocenters. The third-order valence-corrected chi connectivity index (χ3v) is 6.52. The van der Waals surface area contributed by atoms with E-state index in [1.54, 1.807) is 28.5 Å². The minimum atomic E-state index is -0.323. The van der Waals surface area contributed by atoms with Crippen LogP contribution >= 0.6 is 34.3 Å². The molecule has 124 valence electrons. The second-order valence-corrected chi connectivity index (χ2v) is 7.78. The van der Waals surface area contributed by atoms with Gasteiger partial charge >= 0.3 is 0 Å². The van der Waals surface area contributed by atoms with Crippen molar-refractivity contribution in [3.8, 4) is 0 Å². The summed E-state index contributed by atoms with van der Waals surface area (Å²) in [5.41, 5.74) is 0. The first kappa shape index (κ1) is 15.8. The van der Waals surface area contributed by atoms with Crippen molar-refractivity contribution in [2.75, 3.05) is 31.1 Å². The van der Waals surface area contributed by atoms with Crippen LogP contribution in [0.15, 0.2) is 29.8 Å². The second-order valence-electron chi connectivity index (χ2n) is 5.48. The van der Waals surface area contributed by atoms with E-state index in [2.05, 4.69) is 9.88 Å². The molecule has 0 saturated carbocycles. The van der Waals surface area contributed by atoms with Gasteiger partial charge in [0.15, 0.2) is 5.13 Å². The van der Waals surface area contributed by atoms with Crippen LogP contribution in [0.2, 0.25) is 5.02 Å². The zero-order chi connectivity index (χ0) is 16.7. The van der Waals surface area contributed by atoms with Crippen LogP contribution in [-0.2, 0) is 0 Å². The summed E-state index contributed by atoms with van der Waals surface area (Å²) in [4.78, 5) is 21.6. The molecule has 0 radical (unpaired) electrons. The number of carbonyl (C=O) groups excluding carboxylic acids is 1. The molecule has 3 aromatic rings. The van der Waals surface area contributed by atoms with Gasteiger partial charge in [0, 0.05) is 47.8 Å². The molecular formula is C16H13ClFN3OS2. The lowest BCUT2D eigenvalue weighted by Gasteiger charge is -2.34. The average Bonchev–Trinajstić information content (AvgIpc) is 3.23. The molecule has 8 heteroatoms. The maximum Gasteiger partial charge on any atom is 0.265 e. The molecule has 0 bridgehead atoms. The van der Waals surface area contributed by atoms with Gasteiger partial charge in [0.05, 0.1) is 5.02 Å². The van der Waals surface area contributed by atoms with E-state index in [-0.39, 0.29) is 11.7 Å². The normalized spacial score (nSPS) is 15.2. The first-order chi connectivity index (χ1) is 11.6. The van der Waals surface area contributed by atoms with Gasteiger partial charge in [-0.2, -0.15) is 0 Å². The van der Waals surface area contributed by atoms with E-state index < -0.39 is 0 Å². The van der Waals surface area contributed by atoms with E-state index in [9.17, 15) is 9.18 Å². The Bertz CT molecular complexity index is 888. The van der Waals surface area contributed by atoms with Gasteiger partial charge in [-0.15, -0.1) is 22.7 Å². The Morgan fingerprint density at radius 3 is 2.75 bits per heavy atom. The molecule has 0 unspecified atom stereocenters. The number of thiazole rings is 1. The van der Waals surface area contributed by atoms with E-state index in [0.29, 0.717) is 27.7 Å². The third kappa shape index (κ3) is 2.76. The highest BCUT2D eigenvalue weighted by Gasteiger charge is 2.26. The molecule has 4 nitrogen and oxygen atoms in total. The highest BCUT2D eigenvalue weighted by molar-refractivity contribution is 7.21. The van der Waals surface area contributed by atoms with Crippen molar-refractivity contribution < 1.29 is 9.18 Å². The van der Waals surface area contributed by atoms with Crippen LogP contribution in [0.4, 0.5) is 9.52 Å². The van der Waals surface area contributed by atoms with Crippen molar-refractivity contribution in [1.82, 2.24) is 9.88 Å². The molecule has 2 aromatic heterocycles. The van der Waals surface area contributed by atoms with Crippen molar-refractivity contribution in [3.05, 3.63) is 45.5 Å². The number of hydrogen-bond donors (Lipinski definition) is 0. The van der Waals surface area contributed by atoms with E-state index in [0.717, 1.165) is 23.6 Å². The van der Waals surface area contributed by atoms with Crippen molar-refractivity contribution in [2.45, 2.75) is 0 Å². The lowest BCUT2D eigenvalue weighted by Crippen LogP contribution is -2.48. The van der Waals surface area contributed by atoms with Crippen LogP contribution in [0.1, 0.15) is 9.67 Å². The maximum absolute atomic E-state index is 13.4. The number of carbonyl (C=O) groups is 1. The number of halogens is 2. The van der Waals surface area contributed by atoms with E-state index in [4.69, 9.17) is 11.6 Å². The Morgan fingerprint density at radius 1 is 1.25 bits per heavy atom. The van der Waals surface area contributed by atoms with Crippen molar-refractivity contribution in [2.24, 2.45) is 0 Å². The quantitative estimate of drug-likeness (QED) is 0.670. The Hall–Kier alpha value is -1.70. The summed E-state index contributed by atoms with van der Waals surface area (Å²) >= 11 is 9.21. The fourth-order valence-corrected chi connectivity index (χ4v) is 4.99. The van der Waals surface area contributed by atoms with Crippen molar-refractivity contribution >= 4 is 55.4 Å². The molecule has 1 aliphatic rings. The summed E-state index contributed by atoms with van der Waals surface area (Å²) in [5, 5.41) is 4.08. The number of piperazine rings is 1. The van der Waals surface area contributed by atoms with Crippen LogP contribution in [-0.4, -0.2) is 42.0 Å². The Kier molecular flexibility index (Phi) is 4.15. The molecule has 1 saturated heterocycles. The van der Waals surface area contributed by atoms with Gasteiger partial charge in [0.1, 0.15) is 10.7 Å². The Balaban J connectivity index is 1.53. The van der Waals surface area contributed by atoms with E-state index in [1.807, 2.05) is 5.38 Å². The number of anilines is 1. The summed E-state index contributed by atoms with van der Waals surface area (Å²) in [7, 11) is 0. The third-order valence-electron chi connectivity index (χ3n) is 4.04. The fraction of sp³-hybridized carbons (Fsp3) is 0.250. The molecule has 24 heavy (non-hydrogen) atoms. The molecule has 1 aromatic carbocycles. The summed E-state index contributed by atoms with van der Waals surface area (Å²) in [6.45, 7) is 2.74. The lowest BCUT2D eigenvalue weighted by molar-refractivity contribution is 0.0752. The molecule has 1 amide bonds. The second kappa shape index (κ2) is 6.31. The number of amides is 1. The van der Waals surface area contributed by atoms with E-state index in [1.165, 1.54) is 23.5 Å². The van der Waals surface area contributed by atoms with Gasteiger partial charge in [-0.3, -0.25) is 4.79 Å². The minimum absolute atomic E-state index is 0.0830. The summed E-state index contributed by atoms with van der Waals surface area (Å²) in [6.07, 6.45) is 1.79.